The molecule has 7 nitrogen and oxygen atoms in total. The average molecular weight is 529 g/mol. The Morgan fingerprint density at radius 1 is 1.10 bits per heavy atom. The molecule has 1 fully saturated rings. The van der Waals surface area contributed by atoms with Crippen molar-refractivity contribution in [3.05, 3.63) is 63.6 Å². The van der Waals surface area contributed by atoms with Gasteiger partial charge in [0, 0.05) is 35.0 Å². The van der Waals surface area contributed by atoms with Gasteiger partial charge in [-0.3, -0.25) is 9.59 Å². The molecule has 0 spiro atoms. The molecule has 0 radical (unpaired) electrons. The van der Waals surface area contributed by atoms with Gasteiger partial charge in [-0.05, 0) is 48.7 Å². The first-order valence-corrected chi connectivity index (χ1v) is 12.4. The van der Waals surface area contributed by atoms with Gasteiger partial charge in [0.15, 0.2) is 0 Å². The number of hydrogen-bond donors (Lipinski definition) is 1. The third-order valence-electron chi connectivity index (χ3n) is 5.32. The van der Waals surface area contributed by atoms with Crippen LogP contribution < -0.4 is 5.73 Å². The van der Waals surface area contributed by atoms with Crippen LogP contribution in [0, 0.1) is 5.92 Å². The van der Waals surface area contributed by atoms with Crippen LogP contribution in [0.5, 0.6) is 0 Å². The first-order valence-electron chi connectivity index (χ1n) is 9.74. The van der Waals surface area contributed by atoms with E-state index in [9.17, 15) is 18.0 Å². The monoisotopic (exact) mass is 527 g/mol. The number of rotatable bonds is 7. The van der Waals surface area contributed by atoms with Crippen molar-refractivity contribution in [3.63, 3.8) is 0 Å². The Morgan fingerprint density at radius 3 is 2.29 bits per heavy atom. The first-order chi connectivity index (χ1) is 14.7. The number of carbonyl (C=O) groups excluding carboxylic acids is 2. The highest BCUT2D eigenvalue weighted by molar-refractivity contribution is 9.10. The molecule has 3 rings (SSSR count). The lowest BCUT2D eigenvalue weighted by atomic mass is 9.96. The summed E-state index contributed by atoms with van der Waals surface area (Å²) >= 11 is 9.55. The predicted octanol–water partition coefficient (Wildman–Crippen LogP) is 3.02. The second-order valence-electron chi connectivity index (χ2n) is 7.38. The lowest BCUT2D eigenvalue weighted by molar-refractivity contribution is -0.135. The molecule has 0 atom stereocenters. The zero-order valence-electron chi connectivity index (χ0n) is 16.7. The van der Waals surface area contributed by atoms with Crippen molar-refractivity contribution in [2.45, 2.75) is 24.3 Å². The van der Waals surface area contributed by atoms with Gasteiger partial charge in [-0.2, -0.15) is 4.31 Å². The van der Waals surface area contributed by atoms with Crippen LogP contribution in [0.15, 0.2) is 57.9 Å². The van der Waals surface area contributed by atoms with Gasteiger partial charge in [0.25, 0.3) is 0 Å². The molecule has 0 aliphatic carbocycles. The van der Waals surface area contributed by atoms with Crippen LogP contribution in [0.1, 0.15) is 18.4 Å². The summed E-state index contributed by atoms with van der Waals surface area (Å²) in [6.07, 6.45) is 0.954. The standard InChI is InChI=1S/C21H23BrClN3O4S/c22-17-5-7-18(8-6-17)31(29,30)26(13-16-3-1-2-4-19(16)23)14-20(27)25-11-9-15(10-12-25)21(24)28/h1-8,15H,9-14H2,(H2,24,28). The van der Waals surface area contributed by atoms with E-state index in [4.69, 9.17) is 17.3 Å². The van der Waals surface area contributed by atoms with Crippen LogP contribution in [-0.4, -0.2) is 49.1 Å². The fraction of sp³-hybridized carbons (Fsp3) is 0.333. The van der Waals surface area contributed by atoms with Gasteiger partial charge in [-0.25, -0.2) is 8.42 Å². The van der Waals surface area contributed by atoms with E-state index in [1.165, 1.54) is 12.1 Å². The van der Waals surface area contributed by atoms with Gasteiger partial charge < -0.3 is 10.6 Å². The number of hydrogen-bond acceptors (Lipinski definition) is 4. The van der Waals surface area contributed by atoms with Crippen molar-refractivity contribution in [2.75, 3.05) is 19.6 Å². The molecule has 1 heterocycles. The molecule has 0 aromatic heterocycles. The molecule has 2 N–H and O–H groups in total. The fourth-order valence-corrected chi connectivity index (χ4v) is 5.29. The normalized spacial score (nSPS) is 15.3. The maximum absolute atomic E-state index is 13.4. The number of primary amides is 1. The van der Waals surface area contributed by atoms with Gasteiger partial charge in [-0.15, -0.1) is 0 Å². The van der Waals surface area contributed by atoms with Gasteiger partial charge in [-0.1, -0.05) is 45.7 Å². The molecule has 1 saturated heterocycles. The molecule has 10 heteroatoms. The topological polar surface area (TPSA) is 101 Å². The van der Waals surface area contributed by atoms with E-state index in [1.807, 2.05) is 0 Å². The smallest absolute Gasteiger partial charge is 0.243 e. The van der Waals surface area contributed by atoms with E-state index in [0.29, 0.717) is 36.5 Å². The van der Waals surface area contributed by atoms with E-state index < -0.39 is 10.0 Å². The van der Waals surface area contributed by atoms with Gasteiger partial charge >= 0.3 is 0 Å². The number of piperidine rings is 1. The Kier molecular flexibility index (Phi) is 7.74. The van der Waals surface area contributed by atoms with Crippen LogP contribution in [-0.2, 0) is 26.2 Å². The Bertz CT molecular complexity index is 1050. The molecule has 31 heavy (non-hydrogen) atoms. The Morgan fingerprint density at radius 2 is 1.71 bits per heavy atom. The van der Waals surface area contributed by atoms with Gasteiger partial charge in [0.1, 0.15) is 0 Å². The number of nitrogens with two attached hydrogens (primary N) is 1. The van der Waals surface area contributed by atoms with E-state index in [1.54, 1.807) is 41.3 Å². The Hall–Kier alpha value is -1.94. The maximum atomic E-state index is 13.4. The van der Waals surface area contributed by atoms with Crippen molar-refractivity contribution in [1.29, 1.82) is 0 Å². The van der Waals surface area contributed by atoms with Crippen molar-refractivity contribution >= 4 is 49.4 Å². The third kappa shape index (κ3) is 5.85. The zero-order valence-corrected chi connectivity index (χ0v) is 19.9. The molecule has 0 unspecified atom stereocenters. The number of nitrogens with zero attached hydrogens (tertiary/aromatic N) is 2. The van der Waals surface area contributed by atoms with Crippen LogP contribution in [0.2, 0.25) is 5.02 Å². The molecule has 166 valence electrons. The highest BCUT2D eigenvalue weighted by atomic mass is 79.9. The summed E-state index contributed by atoms with van der Waals surface area (Å²) in [5.74, 6) is -0.948. The summed E-state index contributed by atoms with van der Waals surface area (Å²) in [6.45, 7) is 0.363. The van der Waals surface area contributed by atoms with E-state index in [2.05, 4.69) is 15.9 Å². The highest BCUT2D eigenvalue weighted by Crippen LogP contribution is 2.24. The van der Waals surface area contributed by atoms with Crippen LogP contribution in [0.4, 0.5) is 0 Å². The fourth-order valence-electron chi connectivity index (χ4n) is 3.46. The van der Waals surface area contributed by atoms with E-state index in [0.717, 1.165) is 8.78 Å². The summed E-state index contributed by atoms with van der Waals surface area (Å²) in [7, 11) is -3.96. The van der Waals surface area contributed by atoms with Crippen LogP contribution >= 0.6 is 27.5 Å². The minimum Gasteiger partial charge on any atom is -0.369 e. The molecule has 2 aromatic rings. The first kappa shape index (κ1) is 23.7. The largest absolute Gasteiger partial charge is 0.369 e. The van der Waals surface area contributed by atoms with Crippen molar-refractivity contribution in [1.82, 2.24) is 9.21 Å². The minimum absolute atomic E-state index is 0.0401. The third-order valence-corrected chi connectivity index (χ3v) is 8.02. The van der Waals surface area contributed by atoms with Crippen molar-refractivity contribution < 1.29 is 18.0 Å². The quantitative estimate of drug-likeness (QED) is 0.597. The lowest BCUT2D eigenvalue weighted by Gasteiger charge is -2.32. The second-order valence-corrected chi connectivity index (χ2v) is 10.6. The Labute approximate surface area is 195 Å². The SMILES string of the molecule is NC(=O)C1CCN(C(=O)CN(Cc2ccccc2Cl)S(=O)(=O)c2ccc(Br)cc2)CC1. The second kappa shape index (κ2) is 10.1. The van der Waals surface area contributed by atoms with Crippen LogP contribution in [0.3, 0.4) is 0 Å². The summed E-state index contributed by atoms with van der Waals surface area (Å²) in [5.41, 5.74) is 5.96. The summed E-state index contributed by atoms with van der Waals surface area (Å²) in [4.78, 5) is 26.0. The molecule has 0 saturated carbocycles. The minimum atomic E-state index is -3.96. The van der Waals surface area contributed by atoms with Crippen molar-refractivity contribution in [3.8, 4) is 0 Å². The number of benzene rings is 2. The van der Waals surface area contributed by atoms with Crippen LogP contribution in [0.25, 0.3) is 0 Å². The zero-order chi connectivity index (χ0) is 22.6. The number of sulfonamides is 1. The number of carbonyl (C=O) groups is 2. The van der Waals surface area contributed by atoms with Gasteiger partial charge in [0.2, 0.25) is 21.8 Å². The Balaban J connectivity index is 1.84. The maximum Gasteiger partial charge on any atom is 0.243 e. The average Bonchev–Trinajstić information content (AvgIpc) is 2.75. The predicted molar refractivity (Wildman–Crippen MR) is 122 cm³/mol. The summed E-state index contributed by atoms with van der Waals surface area (Å²) < 4.78 is 28.6. The van der Waals surface area contributed by atoms with E-state index in [-0.39, 0.29) is 35.7 Å². The van der Waals surface area contributed by atoms with Crippen molar-refractivity contribution in [2.24, 2.45) is 11.7 Å². The number of likely N-dealkylation sites (tertiary alicyclic amines) is 1. The number of halogens is 2. The molecule has 0 bridgehead atoms. The highest BCUT2D eigenvalue weighted by Gasteiger charge is 2.31. The number of amides is 2. The summed E-state index contributed by atoms with van der Waals surface area (Å²) in [5, 5.41) is 0.424. The molecule has 1 aliphatic heterocycles. The summed E-state index contributed by atoms with van der Waals surface area (Å²) in [6, 6.07) is 13.2. The molecular formula is C21H23BrClN3O4S. The van der Waals surface area contributed by atoms with Gasteiger partial charge in [0.05, 0.1) is 11.4 Å². The van der Waals surface area contributed by atoms with E-state index >= 15 is 0 Å². The lowest BCUT2D eigenvalue weighted by Crippen LogP contribution is -2.46. The molecular weight excluding hydrogens is 506 g/mol. The molecule has 1 aliphatic rings. The molecule has 2 aromatic carbocycles. The molecule has 2 amide bonds.